The lowest BCUT2D eigenvalue weighted by Gasteiger charge is -2.12. The Morgan fingerprint density at radius 3 is 2.64 bits per heavy atom. The first kappa shape index (κ1) is 11.3. The van der Waals surface area contributed by atoms with Crippen LogP contribution >= 0.6 is 15.9 Å². The van der Waals surface area contributed by atoms with Crippen molar-refractivity contribution >= 4 is 15.9 Å². The van der Waals surface area contributed by atoms with Crippen LogP contribution in [0.5, 0.6) is 11.5 Å². The topological polar surface area (TPSA) is 44.5 Å². The Kier molecular flexibility index (Phi) is 4.22. The Balaban J connectivity index is 3.13. The molecule has 0 saturated heterocycles. The molecule has 1 aromatic carbocycles. The first-order valence-corrected chi connectivity index (χ1v) is 5.21. The fourth-order valence-electron chi connectivity index (χ4n) is 1.20. The molecule has 0 aromatic heterocycles. The summed E-state index contributed by atoms with van der Waals surface area (Å²) < 4.78 is 11.5. The van der Waals surface area contributed by atoms with Gasteiger partial charge in [0.2, 0.25) is 0 Å². The van der Waals surface area contributed by atoms with E-state index in [9.17, 15) is 0 Å². The molecule has 0 radical (unpaired) electrons. The highest BCUT2D eigenvalue weighted by Crippen LogP contribution is 2.36. The molecule has 0 aliphatic heterocycles. The Labute approximate surface area is 92.3 Å². The number of hydrogen-bond acceptors (Lipinski definition) is 3. The molecule has 4 heteroatoms. The number of hydrogen-bond donors (Lipinski definition) is 1. The standard InChI is InChI=1S/C10H14BrNO2/c1-3-14-9-5-7(6-12)4-8(11)10(9)13-2/h4-5H,3,6,12H2,1-2H3. The maximum absolute atomic E-state index is 5.56. The van der Waals surface area contributed by atoms with Gasteiger partial charge in [0.15, 0.2) is 11.5 Å². The molecular weight excluding hydrogens is 246 g/mol. The van der Waals surface area contributed by atoms with E-state index >= 15 is 0 Å². The molecule has 0 unspecified atom stereocenters. The van der Waals surface area contributed by atoms with E-state index in [4.69, 9.17) is 15.2 Å². The summed E-state index contributed by atoms with van der Waals surface area (Å²) >= 11 is 3.41. The van der Waals surface area contributed by atoms with Crippen LogP contribution in [0.25, 0.3) is 0 Å². The van der Waals surface area contributed by atoms with Gasteiger partial charge in [-0.05, 0) is 40.5 Å². The quantitative estimate of drug-likeness (QED) is 0.903. The number of benzene rings is 1. The first-order valence-electron chi connectivity index (χ1n) is 4.42. The molecule has 1 aromatic rings. The largest absolute Gasteiger partial charge is 0.492 e. The van der Waals surface area contributed by atoms with E-state index in [0.717, 1.165) is 15.8 Å². The monoisotopic (exact) mass is 259 g/mol. The Morgan fingerprint density at radius 2 is 2.14 bits per heavy atom. The number of rotatable bonds is 4. The lowest BCUT2D eigenvalue weighted by atomic mass is 10.2. The molecule has 0 atom stereocenters. The molecule has 0 spiro atoms. The highest BCUT2D eigenvalue weighted by Gasteiger charge is 2.09. The van der Waals surface area contributed by atoms with Crippen LogP contribution in [0.1, 0.15) is 12.5 Å². The molecule has 0 fully saturated rings. The average molecular weight is 260 g/mol. The molecule has 0 aliphatic carbocycles. The zero-order valence-corrected chi connectivity index (χ0v) is 9.93. The fraction of sp³-hybridized carbons (Fsp3) is 0.400. The molecule has 14 heavy (non-hydrogen) atoms. The molecule has 1 rings (SSSR count). The van der Waals surface area contributed by atoms with E-state index in [1.165, 1.54) is 0 Å². The van der Waals surface area contributed by atoms with Crippen LogP contribution in [0.4, 0.5) is 0 Å². The van der Waals surface area contributed by atoms with Gasteiger partial charge in [0.1, 0.15) is 0 Å². The maximum atomic E-state index is 5.56. The van der Waals surface area contributed by atoms with Crippen molar-refractivity contribution in [1.82, 2.24) is 0 Å². The highest BCUT2D eigenvalue weighted by atomic mass is 79.9. The molecule has 3 nitrogen and oxygen atoms in total. The molecule has 0 bridgehead atoms. The van der Waals surface area contributed by atoms with Gasteiger partial charge in [0.05, 0.1) is 18.2 Å². The van der Waals surface area contributed by atoms with Gasteiger partial charge in [-0.15, -0.1) is 0 Å². The van der Waals surface area contributed by atoms with Gasteiger partial charge in [-0.1, -0.05) is 0 Å². The van der Waals surface area contributed by atoms with Crippen LogP contribution in [0.2, 0.25) is 0 Å². The first-order chi connectivity index (χ1) is 6.72. The summed E-state index contributed by atoms with van der Waals surface area (Å²) in [5.41, 5.74) is 6.57. The van der Waals surface area contributed by atoms with E-state index in [0.29, 0.717) is 18.9 Å². The van der Waals surface area contributed by atoms with Gasteiger partial charge in [-0.3, -0.25) is 0 Å². The smallest absolute Gasteiger partial charge is 0.174 e. The summed E-state index contributed by atoms with van der Waals surface area (Å²) in [6.07, 6.45) is 0. The molecule has 0 amide bonds. The van der Waals surface area contributed by atoms with Crippen molar-refractivity contribution in [3.63, 3.8) is 0 Å². The average Bonchev–Trinajstić information content (AvgIpc) is 2.18. The van der Waals surface area contributed by atoms with Crippen LogP contribution in [0.3, 0.4) is 0 Å². The van der Waals surface area contributed by atoms with Crippen molar-refractivity contribution in [3.8, 4) is 11.5 Å². The van der Waals surface area contributed by atoms with E-state index in [2.05, 4.69) is 15.9 Å². The van der Waals surface area contributed by atoms with E-state index in [-0.39, 0.29) is 0 Å². The van der Waals surface area contributed by atoms with Gasteiger partial charge < -0.3 is 15.2 Å². The summed E-state index contributed by atoms with van der Waals surface area (Å²) in [6, 6.07) is 3.83. The van der Waals surface area contributed by atoms with E-state index in [1.807, 2.05) is 19.1 Å². The predicted octanol–water partition coefficient (Wildman–Crippen LogP) is 2.32. The maximum Gasteiger partial charge on any atom is 0.174 e. The number of halogens is 1. The lowest BCUT2D eigenvalue weighted by Crippen LogP contribution is -2.01. The number of nitrogens with two attached hydrogens (primary N) is 1. The van der Waals surface area contributed by atoms with Crippen molar-refractivity contribution in [3.05, 3.63) is 22.2 Å². The van der Waals surface area contributed by atoms with Crippen LogP contribution in [-0.2, 0) is 6.54 Å². The van der Waals surface area contributed by atoms with Crippen molar-refractivity contribution in [2.45, 2.75) is 13.5 Å². The fourth-order valence-corrected chi connectivity index (χ4v) is 1.85. The minimum absolute atomic E-state index is 0.489. The molecular formula is C10H14BrNO2. The minimum Gasteiger partial charge on any atom is -0.492 e. The Bertz CT molecular complexity index is 315. The normalized spacial score (nSPS) is 10.0. The summed E-state index contributed by atoms with van der Waals surface area (Å²) in [4.78, 5) is 0. The summed E-state index contributed by atoms with van der Waals surface area (Å²) in [5.74, 6) is 1.44. The molecule has 78 valence electrons. The summed E-state index contributed by atoms with van der Waals surface area (Å²) in [6.45, 7) is 3.03. The van der Waals surface area contributed by atoms with Crippen LogP contribution < -0.4 is 15.2 Å². The second-order valence-corrected chi connectivity index (χ2v) is 3.60. The van der Waals surface area contributed by atoms with Crippen LogP contribution in [0, 0.1) is 0 Å². The van der Waals surface area contributed by atoms with Crippen molar-refractivity contribution in [1.29, 1.82) is 0 Å². The van der Waals surface area contributed by atoms with Gasteiger partial charge in [-0.25, -0.2) is 0 Å². The highest BCUT2D eigenvalue weighted by molar-refractivity contribution is 9.10. The van der Waals surface area contributed by atoms with Crippen molar-refractivity contribution in [2.75, 3.05) is 13.7 Å². The van der Waals surface area contributed by atoms with E-state index in [1.54, 1.807) is 7.11 Å². The third-order valence-electron chi connectivity index (χ3n) is 1.81. The van der Waals surface area contributed by atoms with E-state index < -0.39 is 0 Å². The summed E-state index contributed by atoms with van der Waals surface area (Å²) in [7, 11) is 1.62. The van der Waals surface area contributed by atoms with Crippen LogP contribution in [0.15, 0.2) is 16.6 Å². The van der Waals surface area contributed by atoms with Gasteiger partial charge in [-0.2, -0.15) is 0 Å². The second kappa shape index (κ2) is 5.22. The SMILES string of the molecule is CCOc1cc(CN)cc(Br)c1OC. The molecule has 0 aliphatic rings. The minimum atomic E-state index is 0.489. The van der Waals surface area contributed by atoms with Gasteiger partial charge >= 0.3 is 0 Å². The predicted molar refractivity (Wildman–Crippen MR) is 59.8 cm³/mol. The zero-order chi connectivity index (χ0) is 10.6. The molecule has 2 N–H and O–H groups in total. The zero-order valence-electron chi connectivity index (χ0n) is 8.34. The number of methoxy groups -OCH3 is 1. The third kappa shape index (κ3) is 2.39. The lowest BCUT2D eigenvalue weighted by molar-refractivity contribution is 0.309. The van der Waals surface area contributed by atoms with Gasteiger partial charge in [0, 0.05) is 6.54 Å². The van der Waals surface area contributed by atoms with Gasteiger partial charge in [0.25, 0.3) is 0 Å². The van der Waals surface area contributed by atoms with Crippen LogP contribution in [-0.4, -0.2) is 13.7 Å². The van der Waals surface area contributed by atoms with Crippen molar-refractivity contribution < 1.29 is 9.47 Å². The third-order valence-corrected chi connectivity index (χ3v) is 2.40. The Morgan fingerprint density at radius 1 is 1.43 bits per heavy atom. The molecule has 0 heterocycles. The number of ether oxygens (including phenoxy) is 2. The van der Waals surface area contributed by atoms with Crippen molar-refractivity contribution in [2.24, 2.45) is 5.73 Å². The summed E-state index contributed by atoms with van der Waals surface area (Å²) in [5, 5.41) is 0. The second-order valence-electron chi connectivity index (χ2n) is 2.75. The molecule has 0 saturated carbocycles. The Hall–Kier alpha value is -0.740.